The number of hydrogen-bond acceptors (Lipinski definition) is 4. The molecule has 0 saturated carbocycles. The molecule has 0 unspecified atom stereocenters. The van der Waals surface area contributed by atoms with Crippen LogP contribution < -0.4 is 5.32 Å². The molecule has 2 N–H and O–H groups in total. The number of aromatic amines is 1. The van der Waals surface area contributed by atoms with E-state index in [0.717, 1.165) is 11.0 Å². The number of carbonyl (C=O) groups excluding carboxylic acids is 3. The highest BCUT2D eigenvalue weighted by Crippen LogP contribution is 2.16. The predicted molar refractivity (Wildman–Crippen MR) is 108 cm³/mol. The topological polar surface area (TPSA) is 98.4 Å². The third-order valence-corrected chi connectivity index (χ3v) is 5.12. The zero-order chi connectivity index (χ0) is 20.4. The van der Waals surface area contributed by atoms with Crippen molar-refractivity contribution in [3.63, 3.8) is 0 Å². The Balaban J connectivity index is 1.41. The molecule has 0 bridgehead atoms. The van der Waals surface area contributed by atoms with Crippen LogP contribution in [0.25, 0.3) is 11.0 Å². The van der Waals surface area contributed by atoms with Gasteiger partial charge in [0.1, 0.15) is 0 Å². The van der Waals surface area contributed by atoms with Gasteiger partial charge in [-0.25, -0.2) is 4.98 Å². The maximum absolute atomic E-state index is 12.8. The van der Waals surface area contributed by atoms with Crippen molar-refractivity contribution in [3.8, 4) is 0 Å². The van der Waals surface area contributed by atoms with Gasteiger partial charge in [0.25, 0.3) is 17.7 Å². The molecule has 1 aromatic heterocycles. The number of nitrogens with zero attached hydrogens (tertiary/aromatic N) is 3. The van der Waals surface area contributed by atoms with Gasteiger partial charge in [-0.15, -0.1) is 0 Å². The molecule has 0 aliphatic carbocycles. The number of benzene rings is 2. The summed E-state index contributed by atoms with van der Waals surface area (Å²) < 4.78 is 0. The van der Waals surface area contributed by atoms with E-state index in [4.69, 9.17) is 0 Å². The van der Waals surface area contributed by atoms with Crippen molar-refractivity contribution in [2.24, 2.45) is 0 Å². The van der Waals surface area contributed by atoms with Gasteiger partial charge in [-0.1, -0.05) is 6.07 Å². The van der Waals surface area contributed by atoms with Crippen LogP contribution >= 0.6 is 0 Å². The monoisotopic (exact) mass is 391 g/mol. The summed E-state index contributed by atoms with van der Waals surface area (Å²) in [7, 11) is 1.55. The molecule has 0 atom stereocenters. The smallest absolute Gasteiger partial charge is 0.254 e. The second-order valence-electron chi connectivity index (χ2n) is 6.88. The summed E-state index contributed by atoms with van der Waals surface area (Å²) in [4.78, 5) is 48.0. The van der Waals surface area contributed by atoms with Gasteiger partial charge in [-0.05, 0) is 36.4 Å². The Morgan fingerprint density at radius 2 is 1.52 bits per heavy atom. The van der Waals surface area contributed by atoms with Gasteiger partial charge in [0.05, 0.1) is 17.4 Å². The van der Waals surface area contributed by atoms with Crippen molar-refractivity contribution in [1.29, 1.82) is 0 Å². The van der Waals surface area contributed by atoms with E-state index in [-0.39, 0.29) is 17.7 Å². The van der Waals surface area contributed by atoms with Crippen molar-refractivity contribution in [2.75, 3.05) is 33.2 Å². The van der Waals surface area contributed by atoms with Crippen molar-refractivity contribution in [1.82, 2.24) is 25.1 Å². The average Bonchev–Trinajstić information content (AvgIpc) is 3.25. The normalized spacial score (nSPS) is 14.1. The molecular formula is C21H21N5O3. The van der Waals surface area contributed by atoms with Crippen LogP contribution in [-0.2, 0) is 0 Å². The Bertz CT molecular complexity index is 1080. The number of amides is 3. The van der Waals surface area contributed by atoms with Crippen molar-refractivity contribution >= 4 is 28.8 Å². The number of imidazole rings is 1. The van der Waals surface area contributed by atoms with Crippen LogP contribution in [0.2, 0.25) is 0 Å². The number of carbonyl (C=O) groups is 3. The van der Waals surface area contributed by atoms with E-state index in [1.807, 2.05) is 6.07 Å². The largest absolute Gasteiger partial charge is 0.355 e. The standard InChI is InChI=1S/C21H21N5O3/c1-22-19(27)14-3-2-4-15(11-14)20(28)25-7-9-26(10-8-25)21(29)16-5-6-17-18(12-16)24-13-23-17/h2-6,11-13H,7-10H2,1H3,(H,22,27)(H,23,24). The van der Waals surface area contributed by atoms with Crippen molar-refractivity contribution in [3.05, 3.63) is 65.5 Å². The third-order valence-electron chi connectivity index (χ3n) is 5.12. The lowest BCUT2D eigenvalue weighted by Crippen LogP contribution is -2.50. The minimum absolute atomic E-state index is 0.0600. The van der Waals surface area contributed by atoms with Crippen LogP contribution in [0.3, 0.4) is 0 Å². The average molecular weight is 391 g/mol. The summed E-state index contributed by atoms with van der Waals surface area (Å²) in [6, 6.07) is 12.0. The molecule has 1 saturated heterocycles. The number of hydrogen-bond donors (Lipinski definition) is 2. The fourth-order valence-corrected chi connectivity index (χ4v) is 3.48. The van der Waals surface area contributed by atoms with Crippen LogP contribution in [0.1, 0.15) is 31.1 Å². The molecule has 2 heterocycles. The van der Waals surface area contributed by atoms with Crippen LogP contribution in [0, 0.1) is 0 Å². The first-order valence-corrected chi connectivity index (χ1v) is 9.40. The van der Waals surface area contributed by atoms with E-state index >= 15 is 0 Å². The summed E-state index contributed by atoms with van der Waals surface area (Å²) in [5, 5.41) is 2.56. The molecule has 4 rings (SSSR count). The second kappa shape index (κ2) is 7.75. The van der Waals surface area contributed by atoms with E-state index < -0.39 is 0 Å². The Hall–Kier alpha value is -3.68. The Morgan fingerprint density at radius 1 is 0.897 bits per heavy atom. The molecule has 29 heavy (non-hydrogen) atoms. The zero-order valence-corrected chi connectivity index (χ0v) is 16.0. The molecule has 1 aliphatic heterocycles. The molecule has 0 spiro atoms. The highest BCUT2D eigenvalue weighted by Gasteiger charge is 2.26. The van der Waals surface area contributed by atoms with Gasteiger partial charge in [0.2, 0.25) is 0 Å². The van der Waals surface area contributed by atoms with Crippen molar-refractivity contribution in [2.45, 2.75) is 0 Å². The van der Waals surface area contributed by atoms with E-state index in [2.05, 4.69) is 15.3 Å². The highest BCUT2D eigenvalue weighted by atomic mass is 16.2. The fraction of sp³-hybridized carbons (Fsp3) is 0.238. The van der Waals surface area contributed by atoms with Gasteiger partial charge < -0.3 is 20.1 Å². The molecular weight excluding hydrogens is 370 g/mol. The number of aromatic nitrogens is 2. The first-order valence-electron chi connectivity index (χ1n) is 9.40. The Labute approximate surface area is 167 Å². The molecule has 2 aromatic carbocycles. The summed E-state index contributed by atoms with van der Waals surface area (Å²) in [6.07, 6.45) is 1.60. The minimum atomic E-state index is -0.232. The van der Waals surface area contributed by atoms with Gasteiger partial charge in [-0.2, -0.15) is 0 Å². The van der Waals surface area contributed by atoms with Crippen LogP contribution in [0.5, 0.6) is 0 Å². The van der Waals surface area contributed by atoms with E-state index in [1.165, 1.54) is 0 Å². The predicted octanol–water partition coefficient (Wildman–Crippen LogP) is 1.52. The zero-order valence-electron chi connectivity index (χ0n) is 16.0. The number of H-pyrrole nitrogens is 1. The lowest BCUT2D eigenvalue weighted by molar-refractivity contribution is 0.0535. The Kier molecular flexibility index (Phi) is 4.99. The lowest BCUT2D eigenvalue weighted by Gasteiger charge is -2.35. The quantitative estimate of drug-likeness (QED) is 0.707. The van der Waals surface area contributed by atoms with Crippen LogP contribution in [0.15, 0.2) is 48.8 Å². The SMILES string of the molecule is CNC(=O)c1cccc(C(=O)N2CCN(C(=O)c3ccc4nc[nH]c4c3)CC2)c1. The molecule has 1 fully saturated rings. The molecule has 148 valence electrons. The van der Waals surface area contributed by atoms with Gasteiger partial charge in [0.15, 0.2) is 0 Å². The van der Waals surface area contributed by atoms with Crippen LogP contribution in [-0.4, -0.2) is 70.7 Å². The first kappa shape index (κ1) is 18.7. The summed E-state index contributed by atoms with van der Waals surface area (Å²) >= 11 is 0. The maximum Gasteiger partial charge on any atom is 0.254 e. The van der Waals surface area contributed by atoms with Crippen LogP contribution in [0.4, 0.5) is 0 Å². The Morgan fingerprint density at radius 3 is 2.17 bits per heavy atom. The van der Waals surface area contributed by atoms with Gasteiger partial charge >= 0.3 is 0 Å². The molecule has 3 aromatic rings. The summed E-state index contributed by atoms with van der Waals surface area (Å²) in [5.74, 6) is -0.429. The summed E-state index contributed by atoms with van der Waals surface area (Å²) in [6.45, 7) is 1.81. The fourth-order valence-electron chi connectivity index (χ4n) is 3.48. The molecule has 0 radical (unpaired) electrons. The number of rotatable bonds is 3. The second-order valence-corrected chi connectivity index (χ2v) is 6.88. The first-order chi connectivity index (χ1) is 14.1. The molecule has 1 aliphatic rings. The highest BCUT2D eigenvalue weighted by molar-refractivity contribution is 6.00. The number of nitrogens with one attached hydrogen (secondary N) is 2. The number of fused-ring (bicyclic) bond motifs is 1. The number of piperazine rings is 1. The van der Waals surface area contributed by atoms with Crippen molar-refractivity contribution < 1.29 is 14.4 Å². The molecule has 3 amide bonds. The minimum Gasteiger partial charge on any atom is -0.355 e. The molecule has 8 nitrogen and oxygen atoms in total. The maximum atomic E-state index is 12.8. The molecule has 8 heteroatoms. The van der Waals surface area contributed by atoms with E-state index in [0.29, 0.717) is 42.9 Å². The summed E-state index contributed by atoms with van der Waals surface area (Å²) in [5.41, 5.74) is 3.15. The van der Waals surface area contributed by atoms with E-state index in [9.17, 15) is 14.4 Å². The third kappa shape index (κ3) is 3.69. The lowest BCUT2D eigenvalue weighted by atomic mass is 10.1. The van der Waals surface area contributed by atoms with Gasteiger partial charge in [-0.3, -0.25) is 14.4 Å². The van der Waals surface area contributed by atoms with E-state index in [1.54, 1.807) is 59.6 Å². The van der Waals surface area contributed by atoms with Gasteiger partial charge in [0, 0.05) is 49.9 Å².